The van der Waals surface area contributed by atoms with E-state index in [1.54, 1.807) is 23.5 Å². The first kappa shape index (κ1) is 28.1. The average Bonchev–Trinajstić information content (AvgIpc) is 3.16. The Bertz CT molecular complexity index is 1440. The number of carbonyl (C=O) groups excluding carboxylic acids is 1. The second-order valence-electron chi connectivity index (χ2n) is 9.60. The van der Waals surface area contributed by atoms with Gasteiger partial charge in [0.25, 0.3) is 10.0 Å². The van der Waals surface area contributed by atoms with E-state index in [0.717, 1.165) is 54.4 Å². The van der Waals surface area contributed by atoms with Crippen LogP contribution in [0.1, 0.15) is 63.2 Å². The van der Waals surface area contributed by atoms with Crippen LogP contribution in [-0.4, -0.2) is 26.6 Å². The van der Waals surface area contributed by atoms with Crippen molar-refractivity contribution in [3.05, 3.63) is 69.1 Å². The molecule has 0 fully saturated rings. The number of fused-ring (bicyclic) bond motifs is 1. The van der Waals surface area contributed by atoms with Gasteiger partial charge in [0.15, 0.2) is 5.11 Å². The highest BCUT2D eigenvalue weighted by atomic mass is 32.2. The van der Waals surface area contributed by atoms with Gasteiger partial charge in [-0.1, -0.05) is 30.5 Å². The summed E-state index contributed by atoms with van der Waals surface area (Å²) in [5, 5.41) is 7.25. The molecule has 0 radical (unpaired) electrons. The molecule has 38 heavy (non-hydrogen) atoms. The van der Waals surface area contributed by atoms with Gasteiger partial charge in [-0.2, -0.15) is 0 Å². The number of benzene rings is 2. The zero-order chi connectivity index (χ0) is 27.4. The van der Waals surface area contributed by atoms with E-state index in [1.165, 1.54) is 30.5 Å². The van der Waals surface area contributed by atoms with Gasteiger partial charge in [-0.3, -0.25) is 4.72 Å². The first-order chi connectivity index (χ1) is 18.1. The Balaban J connectivity index is 1.48. The molecule has 0 aliphatic heterocycles. The van der Waals surface area contributed by atoms with Gasteiger partial charge in [0.2, 0.25) is 0 Å². The van der Waals surface area contributed by atoms with Crippen LogP contribution in [0.4, 0.5) is 16.4 Å². The van der Waals surface area contributed by atoms with Crippen molar-refractivity contribution < 1.29 is 17.9 Å². The van der Waals surface area contributed by atoms with Gasteiger partial charge in [-0.05, 0) is 99.6 Å². The zero-order valence-corrected chi connectivity index (χ0v) is 24.5. The first-order valence-corrected chi connectivity index (χ1v) is 15.3. The van der Waals surface area contributed by atoms with E-state index in [9.17, 15) is 13.2 Å². The number of carbonyl (C=O) groups is 1. The highest BCUT2D eigenvalue weighted by Crippen LogP contribution is 2.37. The summed E-state index contributed by atoms with van der Waals surface area (Å²) in [5.74, 6) is -0.366. The summed E-state index contributed by atoms with van der Waals surface area (Å²) in [5.41, 5.74) is 5.66. The van der Waals surface area contributed by atoms with Crippen LogP contribution in [0, 0.1) is 20.8 Å². The lowest BCUT2D eigenvalue weighted by Gasteiger charge is -2.15. The number of thiocarbonyl (C=S) groups is 1. The topological polar surface area (TPSA) is 96.5 Å². The molecule has 2 aromatic carbocycles. The van der Waals surface area contributed by atoms with Gasteiger partial charge in [0, 0.05) is 10.6 Å². The second kappa shape index (κ2) is 11.8. The lowest BCUT2D eigenvalue weighted by Crippen LogP contribution is -2.20. The van der Waals surface area contributed by atoms with E-state index in [0.29, 0.717) is 27.1 Å². The second-order valence-corrected chi connectivity index (χ2v) is 12.8. The molecule has 1 aliphatic carbocycles. The third-order valence-electron chi connectivity index (χ3n) is 6.62. The Morgan fingerprint density at radius 1 is 0.947 bits per heavy atom. The minimum Gasteiger partial charge on any atom is -0.465 e. The fourth-order valence-electron chi connectivity index (χ4n) is 4.84. The molecule has 0 saturated carbocycles. The van der Waals surface area contributed by atoms with Crippen LogP contribution < -0.4 is 15.4 Å². The summed E-state index contributed by atoms with van der Waals surface area (Å²) in [4.78, 5) is 14.0. The van der Waals surface area contributed by atoms with Crippen LogP contribution in [0.15, 0.2) is 41.3 Å². The smallest absolute Gasteiger partial charge is 0.341 e. The number of aryl methyl sites for hydroxylation is 4. The zero-order valence-electron chi connectivity index (χ0n) is 22.1. The monoisotopic (exact) mass is 571 g/mol. The summed E-state index contributed by atoms with van der Waals surface area (Å²) in [6, 6.07) is 10.3. The quantitative estimate of drug-likeness (QED) is 0.223. The fourth-order valence-corrected chi connectivity index (χ4v) is 7.61. The number of ether oxygens (including phenoxy) is 1. The van der Waals surface area contributed by atoms with Gasteiger partial charge >= 0.3 is 5.97 Å². The maximum Gasteiger partial charge on any atom is 0.341 e. The number of nitrogens with one attached hydrogen (secondary N) is 3. The Morgan fingerprint density at radius 2 is 1.58 bits per heavy atom. The summed E-state index contributed by atoms with van der Waals surface area (Å²) < 4.78 is 33.9. The number of anilines is 3. The number of hydrogen-bond acceptors (Lipinski definition) is 6. The molecule has 10 heteroatoms. The van der Waals surface area contributed by atoms with Crippen molar-refractivity contribution in [1.29, 1.82) is 0 Å². The van der Waals surface area contributed by atoms with E-state index in [4.69, 9.17) is 17.0 Å². The third-order valence-corrected chi connectivity index (χ3v) is 9.40. The predicted molar refractivity (Wildman–Crippen MR) is 159 cm³/mol. The van der Waals surface area contributed by atoms with Crippen molar-refractivity contribution in [1.82, 2.24) is 0 Å². The largest absolute Gasteiger partial charge is 0.465 e. The summed E-state index contributed by atoms with van der Waals surface area (Å²) in [7, 11) is -2.38. The van der Waals surface area contributed by atoms with Gasteiger partial charge in [-0.15, -0.1) is 11.3 Å². The van der Waals surface area contributed by atoms with E-state index in [1.807, 2.05) is 32.9 Å². The van der Waals surface area contributed by atoms with Crippen LogP contribution in [0.5, 0.6) is 0 Å². The highest BCUT2D eigenvalue weighted by molar-refractivity contribution is 7.92. The van der Waals surface area contributed by atoms with Crippen molar-refractivity contribution in [3.8, 4) is 0 Å². The Morgan fingerprint density at radius 3 is 2.21 bits per heavy atom. The van der Waals surface area contributed by atoms with Gasteiger partial charge in [-0.25, -0.2) is 13.2 Å². The summed E-state index contributed by atoms with van der Waals surface area (Å²) in [6.07, 6.45) is 6.29. The molecule has 0 saturated heterocycles. The first-order valence-electron chi connectivity index (χ1n) is 12.6. The summed E-state index contributed by atoms with van der Waals surface area (Å²) >= 11 is 7.08. The average molecular weight is 572 g/mol. The van der Waals surface area contributed by atoms with Crippen molar-refractivity contribution in [3.63, 3.8) is 0 Å². The number of esters is 1. The molecule has 0 unspecified atom stereocenters. The van der Waals surface area contributed by atoms with Crippen LogP contribution >= 0.6 is 23.6 Å². The maximum absolute atomic E-state index is 13.0. The number of hydrogen-bond donors (Lipinski definition) is 3. The van der Waals surface area contributed by atoms with Crippen molar-refractivity contribution in [2.75, 3.05) is 22.5 Å². The van der Waals surface area contributed by atoms with Gasteiger partial charge in [0.1, 0.15) is 5.00 Å². The minimum absolute atomic E-state index is 0.146. The fraction of sp³-hybridized carbons (Fsp3) is 0.357. The van der Waals surface area contributed by atoms with E-state index in [2.05, 4.69) is 15.4 Å². The normalized spacial score (nSPS) is 13.6. The SMILES string of the molecule is COC(=O)c1c(NC(=S)Nc2ccc(S(=O)(=O)Nc3c(C)cc(C)cc3C)cc2)sc2c1CCCCCC2. The molecular formula is C28H33N3O4S3. The molecule has 3 N–H and O–H groups in total. The standard InChI is InChI=1S/C28H33N3O4S3/c1-17-15-18(2)25(19(3)16-17)31-38(33,34)21-13-11-20(12-14-21)29-28(36)30-26-24(27(32)35-4)22-9-7-5-6-8-10-23(22)37-26/h11-16,31H,5-10H2,1-4H3,(H2,29,30,36). The lowest BCUT2D eigenvalue weighted by atomic mass is 9.96. The molecule has 0 bridgehead atoms. The van der Waals surface area contributed by atoms with Crippen LogP contribution in [-0.2, 0) is 27.6 Å². The Labute approximate surface area is 234 Å². The molecular weight excluding hydrogens is 539 g/mol. The number of rotatable bonds is 6. The van der Waals surface area contributed by atoms with E-state index < -0.39 is 10.0 Å². The lowest BCUT2D eigenvalue weighted by molar-refractivity contribution is 0.0601. The van der Waals surface area contributed by atoms with Crippen molar-refractivity contribution in [2.24, 2.45) is 0 Å². The van der Waals surface area contributed by atoms with Crippen molar-refractivity contribution >= 4 is 61.0 Å². The number of thiophene rings is 1. The molecule has 3 aromatic rings. The molecule has 1 aromatic heterocycles. The molecule has 1 aliphatic rings. The third kappa shape index (κ3) is 6.36. The molecule has 0 atom stereocenters. The summed E-state index contributed by atoms with van der Waals surface area (Å²) in [6.45, 7) is 5.75. The number of sulfonamides is 1. The molecule has 202 valence electrons. The van der Waals surface area contributed by atoms with Crippen LogP contribution in [0.25, 0.3) is 0 Å². The van der Waals surface area contributed by atoms with Crippen LogP contribution in [0.2, 0.25) is 0 Å². The van der Waals surface area contributed by atoms with Crippen LogP contribution in [0.3, 0.4) is 0 Å². The van der Waals surface area contributed by atoms with Gasteiger partial charge < -0.3 is 15.4 Å². The van der Waals surface area contributed by atoms with E-state index >= 15 is 0 Å². The van der Waals surface area contributed by atoms with E-state index in [-0.39, 0.29) is 10.9 Å². The maximum atomic E-state index is 13.0. The van der Waals surface area contributed by atoms with Gasteiger partial charge in [0.05, 0.1) is 23.3 Å². The predicted octanol–water partition coefficient (Wildman–Crippen LogP) is 6.73. The minimum atomic E-state index is -3.77. The molecule has 0 spiro atoms. The van der Waals surface area contributed by atoms with Crippen molar-refractivity contribution in [2.45, 2.75) is 64.2 Å². The Kier molecular flexibility index (Phi) is 8.74. The Hall–Kier alpha value is -2.95. The molecule has 0 amide bonds. The highest BCUT2D eigenvalue weighted by Gasteiger charge is 2.25. The molecule has 4 rings (SSSR count). The molecule has 7 nitrogen and oxygen atoms in total. The number of methoxy groups -OCH3 is 1. The molecule has 1 heterocycles.